The number of hydrogen-bond donors (Lipinski definition) is 1. The minimum atomic E-state index is -2.88. The molecule has 0 saturated carbocycles. The van der Waals surface area contributed by atoms with Crippen molar-refractivity contribution in [2.75, 3.05) is 31.6 Å². The van der Waals surface area contributed by atoms with Crippen LogP contribution in [0.4, 0.5) is 0 Å². The zero-order valence-electron chi connectivity index (χ0n) is 10.7. The fourth-order valence-electron chi connectivity index (χ4n) is 2.02. The molecule has 0 aromatic rings. The zero-order valence-corrected chi connectivity index (χ0v) is 11.5. The van der Waals surface area contributed by atoms with Gasteiger partial charge in [0.05, 0.1) is 5.75 Å². The summed E-state index contributed by atoms with van der Waals surface area (Å²) in [6.07, 6.45) is 4.19. The first kappa shape index (κ1) is 14.3. The van der Waals surface area contributed by atoms with Gasteiger partial charge in [0.15, 0.2) is 5.96 Å². The molecule has 5 nitrogen and oxygen atoms in total. The summed E-state index contributed by atoms with van der Waals surface area (Å²) in [5.74, 6) is 1.40. The molecule has 0 radical (unpaired) electrons. The van der Waals surface area contributed by atoms with E-state index in [9.17, 15) is 8.42 Å². The van der Waals surface area contributed by atoms with Gasteiger partial charge < -0.3 is 10.6 Å². The third-order valence-corrected chi connectivity index (χ3v) is 3.96. The molecule has 0 spiro atoms. The normalized spacial score (nSPS) is 22.8. The predicted molar refractivity (Wildman–Crippen MR) is 70.8 cm³/mol. The van der Waals surface area contributed by atoms with Crippen molar-refractivity contribution in [3.05, 3.63) is 0 Å². The average molecular weight is 261 g/mol. The fraction of sp³-hybridized carbons (Fsp3) is 0.909. The number of guanidine groups is 1. The van der Waals surface area contributed by atoms with Crippen LogP contribution in [0.3, 0.4) is 0 Å². The van der Waals surface area contributed by atoms with E-state index >= 15 is 0 Å². The Kier molecular flexibility index (Phi) is 5.24. The Morgan fingerprint density at radius 3 is 2.82 bits per heavy atom. The monoisotopic (exact) mass is 261 g/mol. The van der Waals surface area contributed by atoms with Gasteiger partial charge in [-0.3, -0.25) is 4.99 Å². The maximum Gasteiger partial charge on any atom is 0.191 e. The van der Waals surface area contributed by atoms with Crippen LogP contribution in [0.2, 0.25) is 0 Å². The lowest BCUT2D eigenvalue weighted by Crippen LogP contribution is -2.43. The molecular formula is C11H23N3O2S. The minimum absolute atomic E-state index is 0.181. The van der Waals surface area contributed by atoms with Gasteiger partial charge in [0.1, 0.15) is 9.84 Å². The summed E-state index contributed by atoms with van der Waals surface area (Å²) in [6, 6.07) is 0. The number of likely N-dealkylation sites (tertiary alicyclic amines) is 1. The molecule has 1 atom stereocenters. The molecule has 2 N–H and O–H groups in total. The van der Waals surface area contributed by atoms with Crippen LogP contribution in [0.15, 0.2) is 4.99 Å². The summed E-state index contributed by atoms with van der Waals surface area (Å²) in [7, 11) is -2.88. The Labute approximate surface area is 104 Å². The van der Waals surface area contributed by atoms with Crippen LogP contribution in [0.5, 0.6) is 0 Å². The van der Waals surface area contributed by atoms with Crippen molar-refractivity contribution in [2.45, 2.75) is 26.2 Å². The number of sulfone groups is 1. The Bertz CT molecular complexity index is 365. The lowest BCUT2D eigenvalue weighted by atomic mass is 10.0. The van der Waals surface area contributed by atoms with Crippen LogP contribution in [-0.4, -0.2) is 50.9 Å². The molecule has 1 unspecified atom stereocenters. The molecule has 1 rings (SSSR count). The van der Waals surface area contributed by atoms with Gasteiger partial charge in [-0.15, -0.1) is 0 Å². The molecule has 1 aliphatic heterocycles. The molecule has 0 bridgehead atoms. The smallest absolute Gasteiger partial charge is 0.191 e. The van der Waals surface area contributed by atoms with E-state index in [1.165, 1.54) is 12.7 Å². The number of nitrogens with two attached hydrogens (primary N) is 1. The van der Waals surface area contributed by atoms with Crippen LogP contribution in [0.1, 0.15) is 26.2 Å². The zero-order chi connectivity index (χ0) is 12.9. The van der Waals surface area contributed by atoms with Crippen molar-refractivity contribution < 1.29 is 8.42 Å². The topological polar surface area (TPSA) is 75.8 Å². The van der Waals surface area contributed by atoms with Crippen LogP contribution >= 0.6 is 0 Å². The lowest BCUT2D eigenvalue weighted by Gasteiger charge is -2.31. The van der Waals surface area contributed by atoms with Gasteiger partial charge in [-0.05, 0) is 25.2 Å². The van der Waals surface area contributed by atoms with E-state index in [1.54, 1.807) is 0 Å². The van der Waals surface area contributed by atoms with Crippen LogP contribution in [-0.2, 0) is 9.84 Å². The SMILES string of the molecule is CC1CCCN(C(N)=NCCCS(C)(=O)=O)C1. The lowest BCUT2D eigenvalue weighted by molar-refractivity contribution is 0.270. The van der Waals surface area contributed by atoms with Gasteiger partial charge in [0.2, 0.25) is 0 Å². The fourth-order valence-corrected chi connectivity index (χ4v) is 2.67. The number of nitrogens with zero attached hydrogens (tertiary/aromatic N) is 2. The molecule has 6 heteroatoms. The summed E-state index contributed by atoms with van der Waals surface area (Å²) in [5.41, 5.74) is 5.89. The maximum absolute atomic E-state index is 10.9. The molecule has 0 aliphatic carbocycles. The summed E-state index contributed by atoms with van der Waals surface area (Å²) < 4.78 is 21.9. The molecule has 1 aliphatic rings. The Hall–Kier alpha value is -0.780. The van der Waals surface area contributed by atoms with Crippen molar-refractivity contribution in [3.8, 4) is 0 Å². The van der Waals surface area contributed by atoms with E-state index in [0.717, 1.165) is 19.5 Å². The first-order valence-corrected chi connectivity index (χ1v) is 8.17. The molecular weight excluding hydrogens is 238 g/mol. The van der Waals surface area contributed by atoms with Gasteiger partial charge in [-0.1, -0.05) is 6.92 Å². The second-order valence-electron chi connectivity index (χ2n) is 4.92. The van der Waals surface area contributed by atoms with E-state index in [2.05, 4.69) is 16.8 Å². The van der Waals surface area contributed by atoms with Crippen molar-refractivity contribution >= 4 is 15.8 Å². The standard InChI is InChI=1S/C11H23N3O2S/c1-10-5-3-7-14(9-10)11(12)13-6-4-8-17(2,15)16/h10H,3-9H2,1-2H3,(H2,12,13). The maximum atomic E-state index is 10.9. The Morgan fingerprint density at radius 2 is 2.24 bits per heavy atom. The Balaban J connectivity index is 2.33. The first-order valence-electron chi connectivity index (χ1n) is 6.11. The molecule has 100 valence electrons. The summed E-state index contributed by atoms with van der Waals surface area (Å²) in [6.45, 7) is 4.63. The van der Waals surface area contributed by atoms with Gasteiger partial charge in [0.25, 0.3) is 0 Å². The average Bonchev–Trinajstić information content (AvgIpc) is 2.23. The summed E-state index contributed by atoms with van der Waals surface area (Å²) in [5, 5.41) is 0. The number of piperidine rings is 1. The molecule has 1 fully saturated rings. The van der Waals surface area contributed by atoms with Crippen molar-refractivity contribution in [3.63, 3.8) is 0 Å². The van der Waals surface area contributed by atoms with Gasteiger partial charge in [0, 0.05) is 25.9 Å². The first-order chi connectivity index (χ1) is 7.88. The highest BCUT2D eigenvalue weighted by Gasteiger charge is 2.17. The van der Waals surface area contributed by atoms with E-state index in [-0.39, 0.29) is 5.75 Å². The Morgan fingerprint density at radius 1 is 1.53 bits per heavy atom. The van der Waals surface area contributed by atoms with E-state index in [4.69, 9.17) is 5.73 Å². The van der Waals surface area contributed by atoms with E-state index < -0.39 is 9.84 Å². The van der Waals surface area contributed by atoms with Gasteiger partial charge >= 0.3 is 0 Å². The van der Waals surface area contributed by atoms with Gasteiger partial charge in [-0.25, -0.2) is 8.42 Å². The molecule has 0 aromatic heterocycles. The molecule has 0 amide bonds. The molecule has 17 heavy (non-hydrogen) atoms. The number of hydrogen-bond acceptors (Lipinski definition) is 3. The third-order valence-electron chi connectivity index (χ3n) is 2.93. The summed E-state index contributed by atoms with van der Waals surface area (Å²) in [4.78, 5) is 6.33. The van der Waals surface area contributed by atoms with Crippen LogP contribution < -0.4 is 5.73 Å². The highest BCUT2D eigenvalue weighted by atomic mass is 32.2. The molecule has 0 aromatic carbocycles. The van der Waals surface area contributed by atoms with Crippen molar-refractivity contribution in [2.24, 2.45) is 16.6 Å². The third kappa shape index (κ3) is 5.91. The number of rotatable bonds is 4. The van der Waals surface area contributed by atoms with E-state index in [0.29, 0.717) is 24.8 Å². The quantitative estimate of drug-likeness (QED) is 0.453. The van der Waals surface area contributed by atoms with Crippen molar-refractivity contribution in [1.82, 2.24) is 4.90 Å². The second-order valence-corrected chi connectivity index (χ2v) is 7.18. The summed E-state index contributed by atoms with van der Waals surface area (Å²) >= 11 is 0. The van der Waals surface area contributed by atoms with Gasteiger partial charge in [-0.2, -0.15) is 0 Å². The largest absolute Gasteiger partial charge is 0.370 e. The predicted octanol–water partition coefficient (Wildman–Crippen LogP) is 0.468. The second kappa shape index (κ2) is 6.23. The highest BCUT2D eigenvalue weighted by Crippen LogP contribution is 2.14. The van der Waals surface area contributed by atoms with Crippen molar-refractivity contribution in [1.29, 1.82) is 0 Å². The van der Waals surface area contributed by atoms with E-state index in [1.807, 2.05) is 0 Å². The minimum Gasteiger partial charge on any atom is -0.370 e. The highest BCUT2D eigenvalue weighted by molar-refractivity contribution is 7.90. The van der Waals surface area contributed by atoms with Crippen LogP contribution in [0, 0.1) is 5.92 Å². The van der Waals surface area contributed by atoms with Crippen LogP contribution in [0.25, 0.3) is 0 Å². The molecule has 1 heterocycles. The molecule has 1 saturated heterocycles. The number of aliphatic imine (C=N–C) groups is 1.